The molecular weight excluding hydrogens is 351 g/mol. The average molecular weight is 382 g/mol. The van der Waals surface area contributed by atoms with E-state index >= 15 is 0 Å². The van der Waals surface area contributed by atoms with Crippen LogP contribution in [-0.2, 0) is 0 Å². The Morgan fingerprint density at radius 2 is 1.21 bits per heavy atom. The Morgan fingerprint density at radius 1 is 0.750 bits per heavy atom. The molecule has 0 radical (unpaired) electrons. The van der Waals surface area contributed by atoms with E-state index in [4.69, 9.17) is 0 Å². The second kappa shape index (κ2) is 8.79. The molecule has 3 rings (SSSR count). The summed E-state index contributed by atoms with van der Waals surface area (Å²) in [7, 11) is -2.28. The number of hydrogen-bond donors (Lipinski definition) is 0. The molecule has 0 amide bonds. The van der Waals surface area contributed by atoms with E-state index in [0.29, 0.717) is 6.71 Å². The van der Waals surface area contributed by atoms with E-state index in [9.17, 15) is 0 Å². The molecule has 2 heteroatoms. The fourth-order valence-electron chi connectivity index (χ4n) is 4.91. The van der Waals surface area contributed by atoms with Gasteiger partial charge in [0.05, 0.1) is 0 Å². The van der Waals surface area contributed by atoms with Crippen molar-refractivity contribution in [2.45, 2.75) is 39.8 Å². The van der Waals surface area contributed by atoms with Crippen molar-refractivity contribution in [1.82, 2.24) is 0 Å². The van der Waals surface area contributed by atoms with E-state index in [-0.39, 0.29) is 0 Å². The van der Waals surface area contributed by atoms with Gasteiger partial charge in [0.2, 0.25) is 0 Å². The lowest BCUT2D eigenvalue weighted by Crippen LogP contribution is -2.33. The zero-order chi connectivity index (χ0) is 20.1. The predicted octanol–water partition coefficient (Wildman–Crippen LogP) is 7.37. The summed E-state index contributed by atoms with van der Waals surface area (Å²) in [5.74, 6) is 0. The summed E-state index contributed by atoms with van der Waals surface area (Å²) in [4.78, 5) is 0. The molecule has 2 aromatic carbocycles. The summed E-state index contributed by atoms with van der Waals surface area (Å²) in [6.45, 7) is 16.3. The Kier molecular flexibility index (Phi) is 6.41. The zero-order valence-electron chi connectivity index (χ0n) is 17.5. The van der Waals surface area contributed by atoms with Crippen LogP contribution in [0.3, 0.4) is 0 Å². The second-order valence-corrected chi connectivity index (χ2v) is 11.1. The van der Waals surface area contributed by atoms with Crippen molar-refractivity contribution in [3.8, 4) is 0 Å². The largest absolute Gasteiger partial charge is 0.175 e. The topological polar surface area (TPSA) is 0 Å². The fraction of sp³-hybridized carbons (Fsp3) is 0.231. The van der Waals surface area contributed by atoms with E-state index in [1.54, 1.807) is 5.47 Å². The molecule has 0 atom stereocenters. The van der Waals surface area contributed by atoms with Crippen molar-refractivity contribution in [2.75, 3.05) is 0 Å². The van der Waals surface area contributed by atoms with Gasteiger partial charge in [0, 0.05) is 0 Å². The van der Waals surface area contributed by atoms with Crippen LogP contribution in [0.25, 0.3) is 10.4 Å². The van der Waals surface area contributed by atoms with Crippen molar-refractivity contribution in [1.29, 1.82) is 0 Å². The molecule has 1 heterocycles. The zero-order valence-corrected chi connectivity index (χ0v) is 18.5. The molecule has 1 aliphatic heterocycles. The molecule has 0 fully saturated rings. The summed E-state index contributed by atoms with van der Waals surface area (Å²) in [6.07, 6.45) is 3.36. The van der Waals surface area contributed by atoms with Gasteiger partial charge in [-0.25, -0.2) is 0 Å². The second-order valence-electron chi connectivity index (χ2n) is 7.52. The molecule has 0 saturated carbocycles. The van der Waals surface area contributed by atoms with Gasteiger partial charge in [-0.1, -0.05) is 117 Å². The first kappa shape index (κ1) is 20.4. The number of benzene rings is 2. The smallest absolute Gasteiger partial charge is 0.106 e. The third kappa shape index (κ3) is 3.20. The van der Waals surface area contributed by atoms with Gasteiger partial charge in [0.25, 0.3) is 0 Å². The monoisotopic (exact) mass is 382 g/mol. The normalized spacial score (nSPS) is 15.7. The van der Waals surface area contributed by atoms with Crippen LogP contribution >= 0.6 is 0 Å². The van der Waals surface area contributed by atoms with Gasteiger partial charge in [0.1, 0.15) is 0 Å². The van der Waals surface area contributed by atoms with Gasteiger partial charge < -0.3 is 0 Å². The van der Waals surface area contributed by atoms with Gasteiger partial charge in [0.15, 0.2) is 14.8 Å². The van der Waals surface area contributed by atoms with Crippen LogP contribution < -0.4 is 0 Å². The molecule has 2 aromatic rings. The van der Waals surface area contributed by atoms with Crippen LogP contribution in [0, 0.1) is 0 Å². The van der Waals surface area contributed by atoms with Gasteiger partial charge in [-0.3, -0.25) is 0 Å². The molecule has 0 aromatic heterocycles. The molecular formula is C26H31BSi. The summed E-state index contributed by atoms with van der Waals surface area (Å²) in [5, 5.41) is 3.02. The first-order valence-corrected chi connectivity index (χ1v) is 12.7. The molecule has 0 nitrogen and oxygen atoms in total. The summed E-state index contributed by atoms with van der Waals surface area (Å²) < 4.78 is 0. The van der Waals surface area contributed by atoms with Crippen LogP contribution in [0.5, 0.6) is 0 Å². The lowest BCUT2D eigenvalue weighted by Gasteiger charge is -2.29. The van der Waals surface area contributed by atoms with Crippen molar-refractivity contribution < 1.29 is 0 Å². The minimum absolute atomic E-state index is 0.568. The van der Waals surface area contributed by atoms with Crippen molar-refractivity contribution in [3.05, 3.63) is 107 Å². The average Bonchev–Trinajstić information content (AvgIpc) is 3.06. The number of hydrogen-bond acceptors (Lipinski definition) is 0. The van der Waals surface area contributed by atoms with E-state index < -0.39 is 8.07 Å². The Labute approximate surface area is 172 Å². The van der Waals surface area contributed by atoms with Gasteiger partial charge in [-0.2, -0.15) is 0 Å². The highest BCUT2D eigenvalue weighted by Gasteiger charge is 2.46. The summed E-state index contributed by atoms with van der Waals surface area (Å²) >= 11 is 0. The highest BCUT2D eigenvalue weighted by molar-refractivity contribution is 7.19. The Morgan fingerprint density at radius 3 is 1.61 bits per heavy atom. The molecule has 0 spiro atoms. The highest BCUT2D eigenvalue weighted by Crippen LogP contribution is 2.51. The van der Waals surface area contributed by atoms with Crippen molar-refractivity contribution in [2.24, 2.45) is 0 Å². The highest BCUT2D eigenvalue weighted by atomic mass is 28.3. The maximum atomic E-state index is 4.37. The molecule has 0 aliphatic carbocycles. The van der Waals surface area contributed by atoms with E-state index in [1.807, 2.05) is 0 Å². The minimum atomic E-state index is -2.28. The standard InChI is InChI=1S/C26H31BSi/c1-6-23-24(27(7-2)8-3)26(22-19-15-12-16-20-22)28(9-4,10-5)25(23)21-17-13-11-14-18-21/h9-20H,4-8H2,1-3H3. The number of allylic oxidation sites excluding steroid dienone is 2. The third-order valence-electron chi connectivity index (χ3n) is 6.24. The fourth-order valence-corrected chi connectivity index (χ4v) is 9.04. The van der Waals surface area contributed by atoms with E-state index in [1.165, 1.54) is 27.1 Å². The van der Waals surface area contributed by atoms with E-state index in [2.05, 4.69) is 106 Å². The van der Waals surface area contributed by atoms with Crippen LogP contribution in [0.2, 0.25) is 12.6 Å². The first-order chi connectivity index (χ1) is 13.7. The molecule has 0 bridgehead atoms. The lowest BCUT2D eigenvalue weighted by atomic mass is 9.39. The quantitative estimate of drug-likeness (QED) is 0.418. The number of rotatable bonds is 8. The Bertz CT molecular complexity index is 894. The Hall–Kier alpha value is -2.32. The molecule has 28 heavy (non-hydrogen) atoms. The van der Waals surface area contributed by atoms with Crippen LogP contribution in [0.1, 0.15) is 38.3 Å². The van der Waals surface area contributed by atoms with Gasteiger partial charge in [-0.05, 0) is 27.9 Å². The minimum Gasteiger partial charge on any atom is -0.106 e. The van der Waals surface area contributed by atoms with Crippen LogP contribution in [0.15, 0.2) is 96.3 Å². The maximum absolute atomic E-state index is 4.37. The molecule has 1 aliphatic rings. The summed E-state index contributed by atoms with van der Waals surface area (Å²) in [5.41, 5.74) is 10.3. The molecule has 0 unspecified atom stereocenters. The Balaban J connectivity index is 2.44. The molecule has 0 saturated heterocycles. The summed E-state index contributed by atoms with van der Waals surface area (Å²) in [6, 6.07) is 21.9. The lowest BCUT2D eigenvalue weighted by molar-refractivity contribution is 1.14. The van der Waals surface area contributed by atoms with Crippen molar-refractivity contribution >= 4 is 25.2 Å². The van der Waals surface area contributed by atoms with Crippen LogP contribution in [-0.4, -0.2) is 14.8 Å². The molecule has 0 N–H and O–H groups in total. The van der Waals surface area contributed by atoms with E-state index in [0.717, 1.165) is 19.1 Å². The van der Waals surface area contributed by atoms with Crippen LogP contribution in [0.4, 0.5) is 0 Å². The van der Waals surface area contributed by atoms with Crippen molar-refractivity contribution in [3.63, 3.8) is 0 Å². The maximum Gasteiger partial charge on any atom is 0.175 e. The first-order valence-electron chi connectivity index (χ1n) is 10.5. The van der Waals surface area contributed by atoms with Gasteiger partial charge in [-0.15, -0.1) is 13.2 Å². The predicted molar refractivity (Wildman–Crippen MR) is 130 cm³/mol. The van der Waals surface area contributed by atoms with Gasteiger partial charge >= 0.3 is 0 Å². The SMILES string of the molecule is C=C[Si]1(C=C)C(c2ccccc2)=C(CC)C(B(CC)CC)=C1c1ccccc1. The third-order valence-corrected chi connectivity index (χ3v) is 10.3. The molecule has 142 valence electrons.